The molecule has 0 spiro atoms. The first-order chi connectivity index (χ1) is 11.6. The Kier molecular flexibility index (Phi) is 4.47. The van der Waals surface area contributed by atoms with Crippen molar-refractivity contribution < 1.29 is 14.0 Å². The standard InChI is InChI=1S/C20H14FNO2/c21-16-12-10-15(11-13-16)20(24)22-18-9-5-4-8-17(18)19(23)14-6-2-1-3-7-14/h1-13H,(H,22,24). The van der Waals surface area contributed by atoms with Crippen molar-refractivity contribution >= 4 is 17.4 Å². The number of nitrogens with one attached hydrogen (secondary N) is 1. The van der Waals surface area contributed by atoms with Crippen LogP contribution in [-0.4, -0.2) is 11.7 Å². The van der Waals surface area contributed by atoms with Crippen LogP contribution in [0.1, 0.15) is 26.3 Å². The Balaban J connectivity index is 1.88. The molecule has 118 valence electrons. The lowest BCUT2D eigenvalue weighted by molar-refractivity contribution is 0.102. The van der Waals surface area contributed by atoms with E-state index >= 15 is 0 Å². The number of anilines is 1. The molecule has 3 aromatic rings. The summed E-state index contributed by atoms with van der Waals surface area (Å²) in [5, 5.41) is 2.71. The number of ketones is 1. The topological polar surface area (TPSA) is 46.2 Å². The molecular weight excluding hydrogens is 305 g/mol. The van der Waals surface area contributed by atoms with E-state index in [1.807, 2.05) is 6.07 Å². The van der Waals surface area contributed by atoms with Gasteiger partial charge in [-0.15, -0.1) is 0 Å². The highest BCUT2D eigenvalue weighted by Gasteiger charge is 2.15. The maximum Gasteiger partial charge on any atom is 0.255 e. The third-order valence-electron chi connectivity index (χ3n) is 3.56. The number of amides is 1. The van der Waals surface area contributed by atoms with E-state index in [4.69, 9.17) is 0 Å². The molecule has 0 saturated heterocycles. The number of para-hydroxylation sites is 1. The van der Waals surface area contributed by atoms with E-state index in [2.05, 4.69) is 5.32 Å². The Morgan fingerprint density at radius 1 is 0.708 bits per heavy atom. The van der Waals surface area contributed by atoms with Crippen LogP contribution in [0.2, 0.25) is 0 Å². The molecule has 0 fully saturated rings. The van der Waals surface area contributed by atoms with Crippen LogP contribution in [-0.2, 0) is 0 Å². The van der Waals surface area contributed by atoms with Crippen LogP contribution in [0.15, 0.2) is 78.9 Å². The molecular formula is C20H14FNO2. The Labute approximate surface area is 138 Å². The minimum Gasteiger partial charge on any atom is -0.321 e. The molecule has 0 aromatic heterocycles. The molecule has 1 N–H and O–H groups in total. The Hall–Kier alpha value is -3.27. The minimum absolute atomic E-state index is 0.175. The van der Waals surface area contributed by atoms with Crippen LogP contribution in [0.5, 0.6) is 0 Å². The van der Waals surface area contributed by atoms with Gasteiger partial charge in [0.2, 0.25) is 0 Å². The summed E-state index contributed by atoms with van der Waals surface area (Å²) in [5.74, 6) is -0.986. The molecule has 0 radical (unpaired) electrons. The van der Waals surface area contributed by atoms with Gasteiger partial charge in [-0.2, -0.15) is 0 Å². The molecule has 3 rings (SSSR count). The predicted molar refractivity (Wildman–Crippen MR) is 90.7 cm³/mol. The van der Waals surface area contributed by atoms with Gasteiger partial charge in [0.25, 0.3) is 5.91 Å². The van der Waals surface area contributed by atoms with Crippen LogP contribution in [0.4, 0.5) is 10.1 Å². The number of carbonyl (C=O) groups is 2. The predicted octanol–water partition coefficient (Wildman–Crippen LogP) is 4.31. The van der Waals surface area contributed by atoms with Crippen LogP contribution in [0.3, 0.4) is 0 Å². The Morgan fingerprint density at radius 3 is 2.04 bits per heavy atom. The third-order valence-corrected chi connectivity index (χ3v) is 3.56. The van der Waals surface area contributed by atoms with Crippen molar-refractivity contribution in [1.29, 1.82) is 0 Å². The number of halogens is 1. The summed E-state index contributed by atoms with van der Waals surface area (Å²) in [4.78, 5) is 24.9. The van der Waals surface area contributed by atoms with Gasteiger partial charge in [-0.25, -0.2) is 4.39 Å². The van der Waals surface area contributed by atoms with Gasteiger partial charge in [-0.1, -0.05) is 42.5 Å². The average molecular weight is 319 g/mol. The quantitative estimate of drug-likeness (QED) is 0.728. The largest absolute Gasteiger partial charge is 0.321 e. The summed E-state index contributed by atoms with van der Waals surface area (Å²) in [6.45, 7) is 0. The fourth-order valence-corrected chi connectivity index (χ4v) is 2.33. The van der Waals surface area contributed by atoms with E-state index in [1.165, 1.54) is 24.3 Å². The maximum absolute atomic E-state index is 13.0. The molecule has 0 aliphatic heterocycles. The van der Waals surface area contributed by atoms with Crippen molar-refractivity contribution in [1.82, 2.24) is 0 Å². The highest BCUT2D eigenvalue weighted by molar-refractivity contribution is 6.15. The van der Waals surface area contributed by atoms with Crippen molar-refractivity contribution in [3.05, 3.63) is 101 Å². The van der Waals surface area contributed by atoms with E-state index in [0.29, 0.717) is 22.4 Å². The van der Waals surface area contributed by atoms with Gasteiger partial charge < -0.3 is 5.32 Å². The van der Waals surface area contributed by atoms with E-state index in [0.717, 1.165) is 0 Å². The second-order valence-corrected chi connectivity index (χ2v) is 5.20. The third kappa shape index (κ3) is 3.38. The number of rotatable bonds is 4. The first-order valence-corrected chi connectivity index (χ1v) is 7.41. The Morgan fingerprint density at radius 2 is 1.33 bits per heavy atom. The summed E-state index contributed by atoms with van der Waals surface area (Å²) >= 11 is 0. The highest BCUT2D eigenvalue weighted by atomic mass is 19.1. The molecule has 4 heteroatoms. The number of benzene rings is 3. The van der Waals surface area contributed by atoms with E-state index < -0.39 is 11.7 Å². The zero-order valence-electron chi connectivity index (χ0n) is 12.7. The maximum atomic E-state index is 13.0. The van der Waals surface area contributed by atoms with E-state index in [1.54, 1.807) is 48.5 Å². The second kappa shape index (κ2) is 6.87. The molecule has 0 aliphatic rings. The van der Waals surface area contributed by atoms with Crippen molar-refractivity contribution in [2.45, 2.75) is 0 Å². The number of hydrogen-bond acceptors (Lipinski definition) is 2. The van der Waals surface area contributed by atoms with Crippen molar-refractivity contribution in [3.63, 3.8) is 0 Å². The van der Waals surface area contributed by atoms with Crippen LogP contribution in [0.25, 0.3) is 0 Å². The van der Waals surface area contributed by atoms with Gasteiger partial charge in [-0.05, 0) is 36.4 Å². The molecule has 0 heterocycles. The molecule has 0 atom stereocenters. The first-order valence-electron chi connectivity index (χ1n) is 7.41. The normalized spacial score (nSPS) is 10.2. The summed E-state index contributed by atoms with van der Waals surface area (Å²) < 4.78 is 13.0. The molecule has 0 bridgehead atoms. The minimum atomic E-state index is -0.411. The second-order valence-electron chi connectivity index (χ2n) is 5.20. The van der Waals surface area contributed by atoms with Crippen molar-refractivity contribution in [2.24, 2.45) is 0 Å². The molecule has 1 amide bonds. The summed E-state index contributed by atoms with van der Waals surface area (Å²) in [5.41, 5.74) is 1.68. The lowest BCUT2D eigenvalue weighted by Crippen LogP contribution is -2.15. The fraction of sp³-hybridized carbons (Fsp3) is 0. The molecule has 3 aromatic carbocycles. The summed E-state index contributed by atoms with van der Waals surface area (Å²) in [6.07, 6.45) is 0. The van der Waals surface area contributed by atoms with E-state index in [9.17, 15) is 14.0 Å². The SMILES string of the molecule is O=C(Nc1ccccc1C(=O)c1ccccc1)c1ccc(F)cc1. The fourth-order valence-electron chi connectivity index (χ4n) is 2.33. The lowest BCUT2D eigenvalue weighted by Gasteiger charge is -2.10. The molecule has 3 nitrogen and oxygen atoms in total. The zero-order valence-corrected chi connectivity index (χ0v) is 12.7. The van der Waals surface area contributed by atoms with Gasteiger partial charge >= 0.3 is 0 Å². The van der Waals surface area contributed by atoms with Gasteiger partial charge in [-0.3, -0.25) is 9.59 Å². The number of hydrogen-bond donors (Lipinski definition) is 1. The van der Waals surface area contributed by atoms with Gasteiger partial charge in [0.15, 0.2) is 5.78 Å². The summed E-state index contributed by atoms with van der Waals surface area (Å²) in [6, 6.07) is 20.9. The smallest absolute Gasteiger partial charge is 0.255 e. The molecule has 0 saturated carbocycles. The average Bonchev–Trinajstić information content (AvgIpc) is 2.63. The molecule has 24 heavy (non-hydrogen) atoms. The lowest BCUT2D eigenvalue weighted by atomic mass is 10.0. The van der Waals surface area contributed by atoms with Gasteiger partial charge in [0.1, 0.15) is 5.82 Å². The van der Waals surface area contributed by atoms with Crippen molar-refractivity contribution in [2.75, 3.05) is 5.32 Å². The molecule has 0 unspecified atom stereocenters. The molecule has 0 aliphatic carbocycles. The van der Waals surface area contributed by atoms with E-state index in [-0.39, 0.29) is 5.78 Å². The zero-order chi connectivity index (χ0) is 16.9. The highest BCUT2D eigenvalue weighted by Crippen LogP contribution is 2.20. The van der Waals surface area contributed by atoms with Crippen LogP contribution < -0.4 is 5.32 Å². The van der Waals surface area contributed by atoms with Gasteiger partial charge in [0.05, 0.1) is 5.69 Å². The first kappa shape index (κ1) is 15.6. The van der Waals surface area contributed by atoms with Crippen LogP contribution >= 0.6 is 0 Å². The van der Waals surface area contributed by atoms with Gasteiger partial charge in [0, 0.05) is 16.7 Å². The number of carbonyl (C=O) groups excluding carboxylic acids is 2. The monoisotopic (exact) mass is 319 g/mol. The van der Waals surface area contributed by atoms with Crippen LogP contribution in [0, 0.1) is 5.82 Å². The summed E-state index contributed by atoms with van der Waals surface area (Å²) in [7, 11) is 0. The Bertz CT molecular complexity index is 874. The van der Waals surface area contributed by atoms with Crippen molar-refractivity contribution in [3.8, 4) is 0 Å².